The first kappa shape index (κ1) is 23.7. The van der Waals surface area contributed by atoms with Crippen molar-refractivity contribution in [2.24, 2.45) is 0 Å². The summed E-state index contributed by atoms with van der Waals surface area (Å²) < 4.78 is 31.9. The van der Waals surface area contributed by atoms with Gasteiger partial charge in [0.1, 0.15) is 22.8 Å². The highest BCUT2D eigenvalue weighted by molar-refractivity contribution is 7.71. The number of ether oxygens (including phenoxy) is 3. The molecule has 0 saturated carbocycles. The minimum Gasteiger partial charge on any atom is -0.493 e. The molecule has 0 atom stereocenters. The van der Waals surface area contributed by atoms with Crippen LogP contribution in [0.4, 0.5) is 4.39 Å². The smallest absolute Gasteiger partial charge is 0.277 e. The number of rotatable bonds is 8. The zero-order valence-corrected chi connectivity index (χ0v) is 20.1. The van der Waals surface area contributed by atoms with Crippen LogP contribution in [0.2, 0.25) is 0 Å². The lowest BCUT2D eigenvalue weighted by Crippen LogP contribution is -2.23. The lowest BCUT2D eigenvalue weighted by molar-refractivity contribution is -0.0393. The van der Waals surface area contributed by atoms with Gasteiger partial charge in [0, 0.05) is 0 Å². The van der Waals surface area contributed by atoms with E-state index >= 15 is 0 Å². The predicted molar refractivity (Wildman–Crippen MR) is 128 cm³/mol. The molecular weight excluding hydrogens is 459 g/mol. The number of nitrogens with one attached hydrogen (secondary N) is 2. The van der Waals surface area contributed by atoms with Crippen LogP contribution in [0.3, 0.4) is 0 Å². The Kier molecular flexibility index (Phi) is 6.54. The van der Waals surface area contributed by atoms with Crippen LogP contribution in [0.1, 0.15) is 30.8 Å². The summed E-state index contributed by atoms with van der Waals surface area (Å²) in [6, 6.07) is 11.6. The van der Waals surface area contributed by atoms with Crippen LogP contribution in [-0.2, 0) is 23.5 Å². The Morgan fingerprint density at radius 1 is 1.03 bits per heavy atom. The van der Waals surface area contributed by atoms with Crippen LogP contribution in [0, 0.1) is 10.6 Å². The van der Waals surface area contributed by atoms with Crippen LogP contribution in [-0.4, -0.2) is 33.7 Å². The molecule has 0 unspecified atom stereocenters. The van der Waals surface area contributed by atoms with Gasteiger partial charge in [-0.1, -0.05) is 18.2 Å². The third-order valence-electron chi connectivity index (χ3n) is 5.50. The highest BCUT2D eigenvalue weighted by Gasteiger charge is 2.27. The molecular formula is C24H25FN4O4S. The predicted octanol–water partition coefficient (Wildman–Crippen LogP) is 4.44. The molecule has 0 aliphatic rings. The summed E-state index contributed by atoms with van der Waals surface area (Å²) in [6.07, 6.45) is 0. The Balaban J connectivity index is 1.68. The molecule has 0 radical (unpaired) electrons. The molecule has 4 rings (SSSR count). The summed E-state index contributed by atoms with van der Waals surface area (Å²) in [4.78, 5) is 23.1. The Morgan fingerprint density at radius 3 is 2.38 bits per heavy atom. The van der Waals surface area contributed by atoms with E-state index in [0.717, 1.165) is 11.1 Å². The van der Waals surface area contributed by atoms with Crippen molar-refractivity contribution in [3.8, 4) is 11.5 Å². The van der Waals surface area contributed by atoms with Gasteiger partial charge in [-0.05, 0) is 61.5 Å². The summed E-state index contributed by atoms with van der Waals surface area (Å²) in [5.41, 5.74) is 1.19. The molecule has 0 fully saturated rings. The largest absolute Gasteiger partial charge is 0.493 e. The Labute approximate surface area is 200 Å². The summed E-state index contributed by atoms with van der Waals surface area (Å²) in [5, 5.41) is 0. The van der Waals surface area contributed by atoms with Crippen molar-refractivity contribution in [3.63, 3.8) is 0 Å². The first-order valence-corrected chi connectivity index (χ1v) is 11.0. The molecule has 0 aliphatic carbocycles. The van der Waals surface area contributed by atoms with Gasteiger partial charge in [0.05, 0.1) is 27.4 Å². The number of aromatic amines is 2. The van der Waals surface area contributed by atoms with Crippen LogP contribution >= 0.6 is 12.2 Å². The molecule has 10 heteroatoms. The van der Waals surface area contributed by atoms with Gasteiger partial charge >= 0.3 is 0 Å². The molecule has 0 saturated heterocycles. The molecule has 178 valence electrons. The molecule has 0 bridgehead atoms. The Hall–Kier alpha value is -3.50. The van der Waals surface area contributed by atoms with Crippen molar-refractivity contribution in [2.75, 3.05) is 14.2 Å². The second-order valence-electron chi connectivity index (χ2n) is 8.24. The number of fused-ring (bicyclic) bond motifs is 1. The fourth-order valence-electron chi connectivity index (χ4n) is 3.55. The molecule has 34 heavy (non-hydrogen) atoms. The van der Waals surface area contributed by atoms with Gasteiger partial charge in [-0.2, -0.15) is 0 Å². The van der Waals surface area contributed by atoms with Crippen molar-refractivity contribution in [2.45, 2.75) is 32.6 Å². The molecule has 0 amide bonds. The highest BCUT2D eigenvalue weighted by Crippen LogP contribution is 2.29. The van der Waals surface area contributed by atoms with E-state index in [9.17, 15) is 9.18 Å². The average molecular weight is 485 g/mol. The van der Waals surface area contributed by atoms with Gasteiger partial charge in [-0.3, -0.25) is 14.3 Å². The fourth-order valence-corrected chi connectivity index (χ4v) is 3.79. The van der Waals surface area contributed by atoms with E-state index in [4.69, 9.17) is 26.4 Å². The Morgan fingerprint density at radius 2 is 1.71 bits per heavy atom. The number of methoxy groups -OCH3 is 2. The first-order chi connectivity index (χ1) is 16.2. The van der Waals surface area contributed by atoms with E-state index in [1.54, 1.807) is 30.9 Å². The number of nitrogens with zero attached hydrogens (tertiary/aromatic N) is 2. The first-order valence-electron chi connectivity index (χ1n) is 10.5. The van der Waals surface area contributed by atoms with Crippen molar-refractivity contribution in [3.05, 3.63) is 80.4 Å². The zero-order chi connectivity index (χ0) is 24.5. The molecule has 2 aromatic carbocycles. The van der Waals surface area contributed by atoms with E-state index in [-0.39, 0.29) is 22.8 Å². The van der Waals surface area contributed by atoms with Crippen molar-refractivity contribution < 1.29 is 18.6 Å². The lowest BCUT2D eigenvalue weighted by atomic mass is 10.1. The van der Waals surface area contributed by atoms with Crippen molar-refractivity contribution in [1.29, 1.82) is 0 Å². The van der Waals surface area contributed by atoms with Gasteiger partial charge in [-0.15, -0.1) is 0 Å². The monoisotopic (exact) mass is 484 g/mol. The highest BCUT2D eigenvalue weighted by atomic mass is 32.1. The van der Waals surface area contributed by atoms with E-state index in [0.29, 0.717) is 35.0 Å². The zero-order valence-electron chi connectivity index (χ0n) is 19.3. The average Bonchev–Trinajstić information content (AvgIpc) is 3.28. The molecule has 4 aromatic rings. The quantitative estimate of drug-likeness (QED) is 0.359. The van der Waals surface area contributed by atoms with Crippen LogP contribution in [0.5, 0.6) is 11.5 Å². The van der Waals surface area contributed by atoms with Gasteiger partial charge < -0.3 is 19.2 Å². The molecule has 8 nitrogen and oxygen atoms in total. The van der Waals surface area contributed by atoms with E-state index < -0.39 is 5.60 Å². The fraction of sp³-hybridized carbons (Fsp3) is 0.292. The number of H-pyrrole nitrogens is 2. The van der Waals surface area contributed by atoms with Gasteiger partial charge in [-0.25, -0.2) is 9.37 Å². The summed E-state index contributed by atoms with van der Waals surface area (Å²) in [6.45, 7) is 4.29. The van der Waals surface area contributed by atoms with E-state index in [2.05, 4.69) is 15.0 Å². The van der Waals surface area contributed by atoms with E-state index in [1.807, 2.05) is 32.0 Å². The summed E-state index contributed by atoms with van der Waals surface area (Å²) in [5.74, 6) is 1.36. The van der Waals surface area contributed by atoms with Gasteiger partial charge in [0.2, 0.25) is 0 Å². The summed E-state index contributed by atoms with van der Waals surface area (Å²) >= 11 is 5.44. The maximum Gasteiger partial charge on any atom is 0.277 e. The third-order valence-corrected chi connectivity index (χ3v) is 5.83. The van der Waals surface area contributed by atoms with E-state index in [1.165, 1.54) is 12.1 Å². The molecule has 2 N–H and O–H groups in total. The van der Waals surface area contributed by atoms with Crippen molar-refractivity contribution in [1.82, 2.24) is 19.5 Å². The number of aromatic nitrogens is 4. The van der Waals surface area contributed by atoms with Gasteiger partial charge in [0.15, 0.2) is 21.9 Å². The lowest BCUT2D eigenvalue weighted by Gasteiger charge is -2.23. The number of benzene rings is 2. The van der Waals surface area contributed by atoms with Crippen LogP contribution in [0.15, 0.2) is 47.3 Å². The molecule has 0 aliphatic heterocycles. The SMILES string of the molecule is COc1ccc(Cn2c(=S)[nH]c(=O)c3[nH]c(C(C)(C)OCc4ccc(F)cc4)nc32)cc1OC. The van der Waals surface area contributed by atoms with Crippen LogP contribution in [0.25, 0.3) is 11.2 Å². The second-order valence-corrected chi connectivity index (χ2v) is 8.63. The molecule has 2 heterocycles. The van der Waals surface area contributed by atoms with Crippen LogP contribution < -0.4 is 15.0 Å². The van der Waals surface area contributed by atoms with Crippen molar-refractivity contribution >= 4 is 23.4 Å². The number of hydrogen-bond donors (Lipinski definition) is 2. The maximum atomic E-state index is 13.2. The minimum atomic E-state index is -0.859. The minimum absolute atomic E-state index is 0.246. The summed E-state index contributed by atoms with van der Waals surface area (Å²) in [7, 11) is 3.14. The molecule has 0 spiro atoms. The normalized spacial score (nSPS) is 11.7. The maximum absolute atomic E-state index is 13.2. The van der Waals surface area contributed by atoms with Gasteiger partial charge in [0.25, 0.3) is 5.56 Å². The third kappa shape index (κ3) is 4.73. The standard InChI is InChI=1S/C24H25FN4O4S/c1-24(2,33-13-14-5-8-16(25)9-6-14)22-26-19-20(27-22)29(23(34)28-21(19)30)12-15-7-10-17(31-3)18(11-15)32-4/h5-11H,12-13H2,1-4H3,(H,26,27)(H,28,30,34). The number of imidazole rings is 1. The second kappa shape index (κ2) is 9.40. The molecule has 2 aromatic heterocycles. The topological polar surface area (TPSA) is 94.2 Å². The Bertz CT molecular complexity index is 1440. The number of halogens is 1. The number of hydrogen-bond acceptors (Lipinski definition) is 6.